The zero-order valence-corrected chi connectivity index (χ0v) is 16.0. The molecular weight excluding hydrogens is 380 g/mol. The van der Waals surface area contributed by atoms with Crippen molar-refractivity contribution < 1.29 is 9.59 Å². The fourth-order valence-corrected chi connectivity index (χ4v) is 3.81. The Labute approximate surface area is 171 Å². The van der Waals surface area contributed by atoms with Gasteiger partial charge in [-0.1, -0.05) is 12.1 Å². The van der Waals surface area contributed by atoms with Gasteiger partial charge in [0.05, 0.1) is 11.0 Å². The smallest absolute Gasteiger partial charge is 0.261 e. The molecule has 7 nitrogen and oxygen atoms in total. The molecule has 1 aliphatic rings. The second-order valence-corrected chi connectivity index (χ2v) is 7.29. The summed E-state index contributed by atoms with van der Waals surface area (Å²) in [5.74, 6) is -0.586. The van der Waals surface area contributed by atoms with Gasteiger partial charge in [-0.05, 0) is 55.3 Å². The van der Waals surface area contributed by atoms with Crippen LogP contribution in [0.5, 0.6) is 0 Å². The maximum absolute atomic E-state index is 12.7. The number of hydrogen-bond acceptors (Lipinski definition) is 4. The number of aryl methyl sites for hydroxylation is 1. The van der Waals surface area contributed by atoms with E-state index < -0.39 is 11.5 Å². The Morgan fingerprint density at radius 1 is 1.03 bits per heavy atom. The second kappa shape index (κ2) is 7.11. The van der Waals surface area contributed by atoms with Gasteiger partial charge < -0.3 is 10.3 Å². The number of aromatic amines is 1. The van der Waals surface area contributed by atoms with E-state index in [4.69, 9.17) is 0 Å². The van der Waals surface area contributed by atoms with Crippen LogP contribution in [0.15, 0.2) is 65.7 Å². The lowest BCUT2D eigenvalue weighted by Gasteiger charge is -2.15. The number of carbonyl (C=O) groups is 2. The molecule has 0 radical (unpaired) electrons. The number of nitrogens with zero attached hydrogens (tertiary/aromatic N) is 2. The summed E-state index contributed by atoms with van der Waals surface area (Å²) in [6.07, 6.45) is 3.54. The van der Waals surface area contributed by atoms with Crippen LogP contribution in [0.25, 0.3) is 16.7 Å². The van der Waals surface area contributed by atoms with Crippen molar-refractivity contribution in [3.8, 4) is 5.69 Å². The summed E-state index contributed by atoms with van der Waals surface area (Å²) in [6, 6.07) is 16.5. The monoisotopic (exact) mass is 398 g/mol. The molecule has 148 valence electrons. The summed E-state index contributed by atoms with van der Waals surface area (Å²) in [7, 11) is 0. The normalized spacial score (nSPS) is 13.3. The third-order valence-corrected chi connectivity index (χ3v) is 5.36. The highest BCUT2D eigenvalue weighted by Gasteiger charge is 2.22. The third kappa shape index (κ3) is 3.10. The largest absolute Gasteiger partial charge is 0.325 e. The van der Waals surface area contributed by atoms with Gasteiger partial charge in [0, 0.05) is 29.1 Å². The van der Waals surface area contributed by atoms with Crippen LogP contribution in [-0.2, 0) is 6.42 Å². The zero-order chi connectivity index (χ0) is 20.7. The molecule has 7 heteroatoms. The molecule has 0 bridgehead atoms. The molecule has 0 spiro atoms. The quantitative estimate of drug-likeness (QED) is 0.552. The van der Waals surface area contributed by atoms with Gasteiger partial charge in [0.1, 0.15) is 11.9 Å². The average molecular weight is 398 g/mol. The molecule has 0 saturated heterocycles. The first-order valence-corrected chi connectivity index (χ1v) is 9.73. The Bertz CT molecular complexity index is 1350. The highest BCUT2D eigenvalue weighted by Crippen LogP contribution is 2.21. The van der Waals surface area contributed by atoms with E-state index in [0.717, 1.165) is 16.7 Å². The maximum Gasteiger partial charge on any atom is 0.261 e. The molecule has 5 rings (SSSR count). The van der Waals surface area contributed by atoms with Crippen LogP contribution < -0.4 is 10.9 Å². The minimum absolute atomic E-state index is 0.0431. The van der Waals surface area contributed by atoms with E-state index in [-0.39, 0.29) is 11.3 Å². The summed E-state index contributed by atoms with van der Waals surface area (Å²) in [6.45, 7) is 0. The lowest BCUT2D eigenvalue weighted by atomic mass is 9.93. The zero-order valence-electron chi connectivity index (χ0n) is 16.0. The third-order valence-electron chi connectivity index (χ3n) is 5.36. The molecule has 1 aliphatic carbocycles. The maximum atomic E-state index is 12.7. The molecule has 2 aromatic carbocycles. The molecule has 0 unspecified atom stereocenters. The van der Waals surface area contributed by atoms with E-state index in [2.05, 4.69) is 15.3 Å². The first kappa shape index (κ1) is 18.1. The van der Waals surface area contributed by atoms with Crippen LogP contribution in [0.4, 0.5) is 5.69 Å². The van der Waals surface area contributed by atoms with Crippen molar-refractivity contribution in [1.29, 1.82) is 0 Å². The fraction of sp³-hybridized carbons (Fsp3) is 0.130. The number of ketones is 1. The van der Waals surface area contributed by atoms with Crippen molar-refractivity contribution in [2.24, 2.45) is 0 Å². The van der Waals surface area contributed by atoms with Crippen LogP contribution in [0, 0.1) is 0 Å². The van der Waals surface area contributed by atoms with E-state index in [9.17, 15) is 14.4 Å². The first-order valence-electron chi connectivity index (χ1n) is 9.73. The van der Waals surface area contributed by atoms with E-state index in [1.54, 1.807) is 18.5 Å². The average Bonchev–Trinajstić information content (AvgIpc) is 3.18. The molecule has 1 amide bonds. The summed E-state index contributed by atoms with van der Waals surface area (Å²) >= 11 is 0. The minimum Gasteiger partial charge on any atom is -0.325 e. The number of Topliss-reactive ketones (excluding diaryl/α,β-unsaturated/α-hetero) is 1. The Hall–Kier alpha value is -4.00. The Kier molecular flexibility index (Phi) is 4.28. The molecular formula is C23H18N4O3. The number of para-hydroxylation sites is 2. The Balaban J connectivity index is 1.40. The van der Waals surface area contributed by atoms with Gasteiger partial charge in [-0.15, -0.1) is 0 Å². The summed E-state index contributed by atoms with van der Waals surface area (Å²) in [5.41, 5.74) is 3.85. The first-order chi connectivity index (χ1) is 14.6. The van der Waals surface area contributed by atoms with Crippen LogP contribution in [0.3, 0.4) is 0 Å². The molecule has 0 atom stereocenters. The van der Waals surface area contributed by atoms with Crippen molar-refractivity contribution in [3.63, 3.8) is 0 Å². The SMILES string of the molecule is O=C1CCCc2[nH]c(=O)c(C(=O)Nc3ccc(-n4cnc5ccccc54)cc3)cc21. The molecule has 0 fully saturated rings. The molecule has 2 heterocycles. The lowest BCUT2D eigenvalue weighted by Crippen LogP contribution is -2.27. The second-order valence-electron chi connectivity index (χ2n) is 7.29. The van der Waals surface area contributed by atoms with Crippen LogP contribution in [-0.4, -0.2) is 26.2 Å². The van der Waals surface area contributed by atoms with E-state index >= 15 is 0 Å². The van der Waals surface area contributed by atoms with Crippen molar-refractivity contribution in [2.45, 2.75) is 19.3 Å². The number of aromatic nitrogens is 3. The van der Waals surface area contributed by atoms with Crippen LogP contribution >= 0.6 is 0 Å². The predicted octanol–water partition coefficient (Wildman–Crippen LogP) is 3.49. The topological polar surface area (TPSA) is 96.9 Å². The number of H-pyrrole nitrogens is 1. The molecule has 0 saturated carbocycles. The van der Waals surface area contributed by atoms with Gasteiger partial charge in [-0.2, -0.15) is 0 Å². The van der Waals surface area contributed by atoms with Gasteiger partial charge >= 0.3 is 0 Å². The van der Waals surface area contributed by atoms with Gasteiger partial charge in [0.15, 0.2) is 5.78 Å². The van der Waals surface area contributed by atoms with Gasteiger partial charge in [0.25, 0.3) is 11.5 Å². The number of rotatable bonds is 3. The number of amides is 1. The van der Waals surface area contributed by atoms with Crippen LogP contribution in [0.2, 0.25) is 0 Å². The van der Waals surface area contributed by atoms with E-state index in [1.165, 1.54) is 6.07 Å². The fourth-order valence-electron chi connectivity index (χ4n) is 3.81. The molecule has 2 aromatic heterocycles. The van der Waals surface area contributed by atoms with Crippen molar-refractivity contribution in [2.75, 3.05) is 5.32 Å². The molecule has 0 aliphatic heterocycles. The van der Waals surface area contributed by atoms with Crippen LogP contribution in [0.1, 0.15) is 39.3 Å². The predicted molar refractivity (Wildman–Crippen MR) is 113 cm³/mol. The van der Waals surface area contributed by atoms with Gasteiger partial charge in [-0.3, -0.25) is 19.0 Å². The van der Waals surface area contributed by atoms with E-state index in [0.29, 0.717) is 36.2 Å². The van der Waals surface area contributed by atoms with Gasteiger partial charge in [-0.25, -0.2) is 4.98 Å². The van der Waals surface area contributed by atoms with E-state index in [1.807, 2.05) is 41.0 Å². The van der Waals surface area contributed by atoms with Crippen molar-refractivity contribution in [1.82, 2.24) is 14.5 Å². The van der Waals surface area contributed by atoms with Crippen molar-refractivity contribution in [3.05, 3.63) is 88.1 Å². The standard InChI is InChI=1S/C23H18N4O3/c28-21-7-3-5-18-16(21)12-17(23(30)26-18)22(29)25-14-8-10-15(11-9-14)27-13-24-19-4-1-2-6-20(19)27/h1-2,4,6,8-13H,3,5,7H2,(H,25,29)(H,26,30). The molecule has 4 aromatic rings. The number of pyridine rings is 1. The minimum atomic E-state index is -0.543. The lowest BCUT2D eigenvalue weighted by molar-refractivity contribution is 0.0971. The number of nitrogens with one attached hydrogen (secondary N) is 2. The summed E-state index contributed by atoms with van der Waals surface area (Å²) in [5, 5.41) is 2.74. The summed E-state index contributed by atoms with van der Waals surface area (Å²) in [4.78, 5) is 44.2. The molecule has 30 heavy (non-hydrogen) atoms. The number of benzene rings is 2. The Morgan fingerprint density at radius 3 is 2.67 bits per heavy atom. The number of hydrogen-bond donors (Lipinski definition) is 2. The number of carbonyl (C=O) groups excluding carboxylic acids is 2. The van der Waals surface area contributed by atoms with Crippen molar-refractivity contribution >= 4 is 28.4 Å². The number of fused-ring (bicyclic) bond motifs is 2. The summed E-state index contributed by atoms with van der Waals surface area (Å²) < 4.78 is 1.96. The molecule has 2 N–H and O–H groups in total. The Morgan fingerprint density at radius 2 is 1.83 bits per heavy atom. The van der Waals surface area contributed by atoms with Gasteiger partial charge in [0.2, 0.25) is 0 Å². The highest BCUT2D eigenvalue weighted by atomic mass is 16.2. The number of imidazole rings is 1. The number of anilines is 1. The highest BCUT2D eigenvalue weighted by molar-refractivity contribution is 6.06.